The maximum Gasteiger partial charge on any atom is 0.339 e. The van der Waals surface area contributed by atoms with Gasteiger partial charge < -0.3 is 19.4 Å². The summed E-state index contributed by atoms with van der Waals surface area (Å²) in [4.78, 5) is 40.7. The molecule has 3 rings (SSSR count). The van der Waals surface area contributed by atoms with Crippen LogP contribution < -0.4 is 5.32 Å². The Morgan fingerprint density at radius 1 is 1.19 bits per heavy atom. The van der Waals surface area contributed by atoms with Crippen LogP contribution in [0.25, 0.3) is 0 Å². The van der Waals surface area contributed by atoms with Crippen molar-refractivity contribution in [2.75, 3.05) is 19.5 Å². The van der Waals surface area contributed by atoms with Crippen LogP contribution in [0.3, 0.4) is 0 Å². The lowest BCUT2D eigenvalue weighted by Gasteiger charge is -2.23. The van der Waals surface area contributed by atoms with Crippen molar-refractivity contribution in [3.8, 4) is 0 Å². The van der Waals surface area contributed by atoms with Gasteiger partial charge in [0.2, 0.25) is 5.91 Å². The monoisotopic (exact) mass is 357 g/mol. The minimum Gasteiger partial charge on any atom is -0.465 e. The number of methoxy groups -OCH3 is 2. The molecule has 0 saturated carbocycles. The van der Waals surface area contributed by atoms with E-state index in [2.05, 4.69) is 10.3 Å². The standard InChI is InChI=1S/C18H19N3O5/c1-25-17(23)12-3-4-13(18(24)26-2)14(9-12)20-16(22)11-5-7-21-8-6-19-15(21)10-11/h3-4,6,8-9,11H,5,7,10H2,1-2H3,(H,20,22). The van der Waals surface area contributed by atoms with Crippen LogP contribution in [-0.4, -0.2) is 41.6 Å². The van der Waals surface area contributed by atoms with Crippen molar-refractivity contribution < 1.29 is 23.9 Å². The highest BCUT2D eigenvalue weighted by atomic mass is 16.5. The third-order valence-electron chi connectivity index (χ3n) is 4.42. The van der Waals surface area contributed by atoms with Crippen LogP contribution in [0.15, 0.2) is 30.6 Å². The number of amides is 1. The van der Waals surface area contributed by atoms with Gasteiger partial charge in [0.1, 0.15) is 5.82 Å². The number of anilines is 1. The van der Waals surface area contributed by atoms with Gasteiger partial charge in [0.05, 0.1) is 31.0 Å². The molecule has 0 radical (unpaired) electrons. The third kappa shape index (κ3) is 3.44. The number of aryl methyl sites for hydroxylation is 1. The maximum atomic E-state index is 12.7. The number of carbonyl (C=O) groups excluding carboxylic acids is 3. The molecular weight excluding hydrogens is 338 g/mol. The van der Waals surface area contributed by atoms with Gasteiger partial charge in [-0.3, -0.25) is 4.79 Å². The summed E-state index contributed by atoms with van der Waals surface area (Å²) in [5.41, 5.74) is 0.624. The third-order valence-corrected chi connectivity index (χ3v) is 4.42. The minimum absolute atomic E-state index is 0.172. The maximum absolute atomic E-state index is 12.7. The first kappa shape index (κ1) is 17.7. The smallest absolute Gasteiger partial charge is 0.339 e. The van der Waals surface area contributed by atoms with Crippen LogP contribution in [0.1, 0.15) is 33.0 Å². The molecule has 1 aliphatic heterocycles. The molecule has 1 unspecified atom stereocenters. The van der Waals surface area contributed by atoms with Crippen LogP contribution in [0, 0.1) is 5.92 Å². The first-order valence-corrected chi connectivity index (χ1v) is 8.15. The predicted molar refractivity (Wildman–Crippen MR) is 91.8 cm³/mol. The highest BCUT2D eigenvalue weighted by molar-refractivity contribution is 6.04. The fourth-order valence-electron chi connectivity index (χ4n) is 2.99. The number of hydrogen-bond donors (Lipinski definition) is 1. The van der Waals surface area contributed by atoms with Gasteiger partial charge in [-0.25, -0.2) is 14.6 Å². The Labute approximate surface area is 150 Å². The summed E-state index contributed by atoms with van der Waals surface area (Å²) in [7, 11) is 2.52. The number of carbonyl (C=O) groups is 3. The molecule has 0 spiro atoms. The number of esters is 2. The molecule has 0 bridgehead atoms. The lowest BCUT2D eigenvalue weighted by atomic mass is 9.96. The molecule has 2 heterocycles. The Balaban J connectivity index is 1.84. The van der Waals surface area contributed by atoms with Crippen LogP contribution >= 0.6 is 0 Å². The van der Waals surface area contributed by atoms with Crippen molar-refractivity contribution in [1.29, 1.82) is 0 Å². The number of nitrogens with one attached hydrogen (secondary N) is 1. The van der Waals surface area contributed by atoms with Crippen LogP contribution in [0.2, 0.25) is 0 Å². The van der Waals surface area contributed by atoms with Gasteiger partial charge in [-0.05, 0) is 24.6 Å². The van der Waals surface area contributed by atoms with Crippen molar-refractivity contribution in [2.24, 2.45) is 5.92 Å². The largest absolute Gasteiger partial charge is 0.465 e. The number of rotatable bonds is 4. The molecule has 2 aromatic rings. The Morgan fingerprint density at radius 2 is 1.96 bits per heavy atom. The van der Waals surface area contributed by atoms with Gasteiger partial charge in [-0.1, -0.05) is 0 Å². The fourth-order valence-corrected chi connectivity index (χ4v) is 2.99. The first-order chi connectivity index (χ1) is 12.5. The lowest BCUT2D eigenvalue weighted by Crippen LogP contribution is -2.31. The van der Waals surface area contributed by atoms with E-state index in [0.29, 0.717) is 19.4 Å². The summed E-state index contributed by atoms with van der Waals surface area (Å²) in [6, 6.07) is 4.30. The molecule has 1 aromatic carbocycles. The molecule has 8 heteroatoms. The SMILES string of the molecule is COC(=O)c1ccc(C(=O)OC)c(NC(=O)C2CCn3ccnc3C2)c1. The molecule has 136 valence electrons. The van der Waals surface area contributed by atoms with Gasteiger partial charge in [0.25, 0.3) is 0 Å². The van der Waals surface area contributed by atoms with E-state index in [0.717, 1.165) is 5.82 Å². The van der Waals surface area contributed by atoms with E-state index in [4.69, 9.17) is 9.47 Å². The topological polar surface area (TPSA) is 99.5 Å². The molecule has 1 amide bonds. The van der Waals surface area contributed by atoms with Crippen molar-refractivity contribution in [2.45, 2.75) is 19.4 Å². The second kappa shape index (κ2) is 7.38. The average Bonchev–Trinajstić information content (AvgIpc) is 3.14. The molecule has 26 heavy (non-hydrogen) atoms. The van der Waals surface area contributed by atoms with Gasteiger partial charge in [0.15, 0.2) is 0 Å². The number of nitrogens with zero attached hydrogens (tertiary/aromatic N) is 2. The van der Waals surface area contributed by atoms with E-state index in [-0.39, 0.29) is 28.6 Å². The summed E-state index contributed by atoms with van der Waals surface area (Å²) < 4.78 is 11.5. The Kier molecular flexibility index (Phi) is 5.01. The van der Waals surface area contributed by atoms with Crippen molar-refractivity contribution in [1.82, 2.24) is 9.55 Å². The second-order valence-electron chi connectivity index (χ2n) is 5.96. The van der Waals surface area contributed by atoms with Gasteiger partial charge in [0, 0.05) is 31.3 Å². The molecule has 0 aliphatic carbocycles. The van der Waals surface area contributed by atoms with Gasteiger partial charge in [-0.15, -0.1) is 0 Å². The van der Waals surface area contributed by atoms with E-state index >= 15 is 0 Å². The zero-order valence-electron chi connectivity index (χ0n) is 14.5. The molecule has 1 N–H and O–H groups in total. The minimum atomic E-state index is -0.601. The van der Waals surface area contributed by atoms with E-state index in [9.17, 15) is 14.4 Å². The van der Waals surface area contributed by atoms with Crippen LogP contribution in [0.4, 0.5) is 5.69 Å². The zero-order chi connectivity index (χ0) is 18.7. The number of benzene rings is 1. The van der Waals surface area contributed by atoms with E-state index < -0.39 is 11.9 Å². The number of hydrogen-bond acceptors (Lipinski definition) is 6. The lowest BCUT2D eigenvalue weighted by molar-refractivity contribution is -0.120. The number of ether oxygens (including phenoxy) is 2. The Morgan fingerprint density at radius 3 is 2.69 bits per heavy atom. The molecule has 1 atom stereocenters. The molecule has 0 fully saturated rings. The zero-order valence-corrected chi connectivity index (χ0v) is 14.5. The van der Waals surface area contributed by atoms with E-state index in [1.165, 1.54) is 32.4 Å². The predicted octanol–water partition coefficient (Wildman–Crippen LogP) is 1.66. The van der Waals surface area contributed by atoms with Gasteiger partial charge >= 0.3 is 11.9 Å². The van der Waals surface area contributed by atoms with E-state index in [1.807, 2.05) is 10.8 Å². The molecule has 8 nitrogen and oxygen atoms in total. The van der Waals surface area contributed by atoms with Crippen molar-refractivity contribution in [3.05, 3.63) is 47.5 Å². The summed E-state index contributed by atoms with van der Waals surface area (Å²) in [5, 5.41) is 2.75. The van der Waals surface area contributed by atoms with Gasteiger partial charge in [-0.2, -0.15) is 0 Å². The second-order valence-corrected chi connectivity index (χ2v) is 5.96. The number of imidazole rings is 1. The van der Waals surface area contributed by atoms with Crippen LogP contribution in [-0.2, 0) is 27.2 Å². The van der Waals surface area contributed by atoms with Crippen molar-refractivity contribution >= 4 is 23.5 Å². The Bertz CT molecular complexity index is 858. The normalized spacial score (nSPS) is 15.7. The molecule has 1 aromatic heterocycles. The highest BCUT2D eigenvalue weighted by Gasteiger charge is 2.27. The Hall–Kier alpha value is -3.16. The summed E-state index contributed by atoms with van der Waals surface area (Å²) in [5.74, 6) is -0.802. The molecular formula is C18H19N3O5. The molecule has 0 saturated heterocycles. The van der Waals surface area contributed by atoms with E-state index in [1.54, 1.807) is 6.20 Å². The quantitative estimate of drug-likeness (QED) is 0.836. The summed E-state index contributed by atoms with van der Waals surface area (Å²) in [6.45, 7) is 0.708. The fraction of sp³-hybridized carbons (Fsp3) is 0.333. The highest BCUT2D eigenvalue weighted by Crippen LogP contribution is 2.24. The van der Waals surface area contributed by atoms with Crippen LogP contribution in [0.5, 0.6) is 0 Å². The average molecular weight is 357 g/mol. The van der Waals surface area contributed by atoms with Crippen molar-refractivity contribution in [3.63, 3.8) is 0 Å². The summed E-state index contributed by atoms with van der Waals surface area (Å²) in [6.07, 6.45) is 4.78. The summed E-state index contributed by atoms with van der Waals surface area (Å²) >= 11 is 0. The first-order valence-electron chi connectivity index (χ1n) is 8.15. The number of aromatic nitrogens is 2. The molecule has 1 aliphatic rings. The number of fused-ring (bicyclic) bond motifs is 1.